The second-order valence-corrected chi connectivity index (χ2v) is 5.64. The number of oxazole rings is 1. The molecule has 1 fully saturated rings. The van der Waals surface area contributed by atoms with Crippen LogP contribution < -0.4 is 0 Å². The Morgan fingerprint density at radius 1 is 1.40 bits per heavy atom. The largest absolute Gasteiger partial charge is 0.463 e. The summed E-state index contributed by atoms with van der Waals surface area (Å²) in [4.78, 5) is 28.6. The van der Waals surface area contributed by atoms with E-state index in [0.717, 1.165) is 0 Å². The first-order valence-electron chi connectivity index (χ1n) is 6.32. The SMILES string of the molecule is COC(=O)c1cnc(C2CN(C(=O)OC(C)(C)C)C2)o1. The molecule has 0 N–H and O–H groups in total. The van der Waals surface area contributed by atoms with E-state index in [0.29, 0.717) is 19.0 Å². The lowest BCUT2D eigenvalue weighted by molar-refractivity contribution is 0.00578. The molecular weight excluding hydrogens is 264 g/mol. The fourth-order valence-corrected chi connectivity index (χ4v) is 1.78. The van der Waals surface area contributed by atoms with Crippen LogP contribution in [0.4, 0.5) is 4.79 Å². The highest BCUT2D eigenvalue weighted by Crippen LogP contribution is 2.28. The summed E-state index contributed by atoms with van der Waals surface area (Å²) in [5.74, 6) is -0.0728. The Morgan fingerprint density at radius 3 is 2.60 bits per heavy atom. The van der Waals surface area contributed by atoms with Crippen molar-refractivity contribution in [2.45, 2.75) is 32.3 Å². The number of nitrogens with zero attached hydrogens (tertiary/aromatic N) is 2. The van der Waals surface area contributed by atoms with Crippen LogP contribution in [0.1, 0.15) is 43.1 Å². The van der Waals surface area contributed by atoms with Crippen molar-refractivity contribution in [3.05, 3.63) is 17.8 Å². The molecule has 1 aromatic heterocycles. The summed E-state index contributed by atoms with van der Waals surface area (Å²) in [5.41, 5.74) is -0.511. The number of esters is 1. The van der Waals surface area contributed by atoms with Crippen LogP contribution >= 0.6 is 0 Å². The standard InChI is InChI=1S/C13H18N2O5/c1-13(2,3)20-12(17)15-6-8(7-15)10-14-5-9(19-10)11(16)18-4/h5,8H,6-7H2,1-4H3. The van der Waals surface area contributed by atoms with Crippen LogP contribution in [0.2, 0.25) is 0 Å². The number of aromatic nitrogens is 1. The van der Waals surface area contributed by atoms with Gasteiger partial charge in [0.05, 0.1) is 19.2 Å². The highest BCUT2D eigenvalue weighted by Gasteiger charge is 2.37. The Kier molecular flexibility index (Phi) is 3.69. The number of carbonyl (C=O) groups is 2. The van der Waals surface area contributed by atoms with Gasteiger partial charge < -0.3 is 18.8 Å². The van der Waals surface area contributed by atoms with Crippen molar-refractivity contribution in [2.24, 2.45) is 0 Å². The maximum atomic E-state index is 11.8. The van der Waals surface area contributed by atoms with Crippen molar-refractivity contribution in [3.8, 4) is 0 Å². The first-order valence-corrected chi connectivity index (χ1v) is 6.32. The third-order valence-corrected chi connectivity index (χ3v) is 2.79. The smallest absolute Gasteiger partial charge is 0.410 e. The molecule has 110 valence electrons. The molecule has 1 aromatic rings. The van der Waals surface area contributed by atoms with Crippen molar-refractivity contribution in [1.29, 1.82) is 0 Å². The van der Waals surface area contributed by atoms with Gasteiger partial charge in [0, 0.05) is 13.1 Å². The quantitative estimate of drug-likeness (QED) is 0.769. The Morgan fingerprint density at radius 2 is 2.05 bits per heavy atom. The van der Waals surface area contributed by atoms with Gasteiger partial charge in [-0.05, 0) is 20.8 Å². The van der Waals surface area contributed by atoms with E-state index in [2.05, 4.69) is 9.72 Å². The van der Waals surface area contributed by atoms with E-state index in [1.807, 2.05) is 20.8 Å². The molecule has 7 nitrogen and oxygen atoms in total. The molecule has 2 rings (SSSR count). The maximum Gasteiger partial charge on any atom is 0.410 e. The summed E-state index contributed by atoms with van der Waals surface area (Å²) >= 11 is 0. The van der Waals surface area contributed by atoms with Crippen molar-refractivity contribution < 1.29 is 23.5 Å². The summed E-state index contributed by atoms with van der Waals surface area (Å²) < 4.78 is 15.1. The summed E-state index contributed by atoms with van der Waals surface area (Å²) in [6.07, 6.45) is 0.977. The number of methoxy groups -OCH3 is 1. The molecule has 7 heteroatoms. The van der Waals surface area contributed by atoms with E-state index >= 15 is 0 Å². The number of likely N-dealkylation sites (tertiary alicyclic amines) is 1. The van der Waals surface area contributed by atoms with Crippen LogP contribution in [-0.4, -0.2) is 47.7 Å². The zero-order valence-corrected chi connectivity index (χ0v) is 12.0. The molecule has 1 saturated heterocycles. The topological polar surface area (TPSA) is 81.9 Å². The molecule has 1 amide bonds. The number of hydrogen-bond donors (Lipinski definition) is 0. The third kappa shape index (κ3) is 3.09. The van der Waals surface area contributed by atoms with Gasteiger partial charge in [-0.25, -0.2) is 14.6 Å². The molecule has 0 atom stereocenters. The number of ether oxygens (including phenoxy) is 2. The lowest BCUT2D eigenvalue weighted by Gasteiger charge is -2.38. The predicted molar refractivity (Wildman–Crippen MR) is 68.4 cm³/mol. The van der Waals surface area contributed by atoms with Gasteiger partial charge in [-0.15, -0.1) is 0 Å². The van der Waals surface area contributed by atoms with Crippen molar-refractivity contribution in [1.82, 2.24) is 9.88 Å². The van der Waals surface area contributed by atoms with E-state index in [-0.39, 0.29) is 17.8 Å². The molecule has 0 spiro atoms. The maximum absolute atomic E-state index is 11.8. The van der Waals surface area contributed by atoms with Gasteiger partial charge in [-0.3, -0.25) is 0 Å². The van der Waals surface area contributed by atoms with E-state index in [1.165, 1.54) is 13.3 Å². The first kappa shape index (κ1) is 14.4. The molecule has 0 aromatic carbocycles. The molecule has 0 unspecified atom stereocenters. The molecule has 20 heavy (non-hydrogen) atoms. The zero-order valence-electron chi connectivity index (χ0n) is 12.0. The molecule has 0 aliphatic carbocycles. The Labute approximate surface area is 116 Å². The Hall–Kier alpha value is -2.05. The van der Waals surface area contributed by atoms with Crippen LogP contribution in [0.3, 0.4) is 0 Å². The number of rotatable bonds is 2. The summed E-state index contributed by atoms with van der Waals surface area (Å²) in [7, 11) is 1.28. The molecule has 1 aliphatic heterocycles. The van der Waals surface area contributed by atoms with Gasteiger partial charge in [-0.1, -0.05) is 0 Å². The predicted octanol–water partition coefficient (Wildman–Crippen LogP) is 1.80. The third-order valence-electron chi connectivity index (χ3n) is 2.79. The molecule has 0 saturated carbocycles. The minimum atomic E-state index is -0.563. The lowest BCUT2D eigenvalue weighted by Crippen LogP contribution is -2.50. The lowest BCUT2D eigenvalue weighted by atomic mass is 10.0. The zero-order chi connectivity index (χ0) is 14.9. The number of hydrogen-bond acceptors (Lipinski definition) is 6. The molecular formula is C13H18N2O5. The van der Waals surface area contributed by atoms with Crippen molar-refractivity contribution >= 4 is 12.1 Å². The molecule has 2 heterocycles. The fraction of sp³-hybridized carbons (Fsp3) is 0.615. The van der Waals surface area contributed by atoms with Crippen molar-refractivity contribution in [3.63, 3.8) is 0 Å². The minimum absolute atomic E-state index is 0.0130. The van der Waals surface area contributed by atoms with Crippen LogP contribution in [-0.2, 0) is 9.47 Å². The average molecular weight is 282 g/mol. The van der Waals surface area contributed by atoms with E-state index in [1.54, 1.807) is 4.90 Å². The van der Waals surface area contributed by atoms with Gasteiger partial charge in [0.2, 0.25) is 11.7 Å². The van der Waals surface area contributed by atoms with E-state index < -0.39 is 11.6 Å². The average Bonchev–Trinajstić information content (AvgIpc) is 2.72. The molecule has 1 aliphatic rings. The number of amides is 1. The fourth-order valence-electron chi connectivity index (χ4n) is 1.78. The second kappa shape index (κ2) is 5.15. The Bertz CT molecular complexity index is 511. The van der Waals surface area contributed by atoms with Gasteiger partial charge in [0.1, 0.15) is 5.60 Å². The molecule has 0 bridgehead atoms. The minimum Gasteiger partial charge on any atom is -0.463 e. The molecule has 0 radical (unpaired) electrons. The van der Waals surface area contributed by atoms with Crippen LogP contribution in [0, 0.1) is 0 Å². The summed E-state index contributed by atoms with van der Waals surface area (Å²) in [6.45, 7) is 6.39. The summed E-state index contributed by atoms with van der Waals surface area (Å²) in [5, 5.41) is 0. The van der Waals surface area contributed by atoms with Crippen LogP contribution in [0.5, 0.6) is 0 Å². The van der Waals surface area contributed by atoms with Crippen LogP contribution in [0.15, 0.2) is 10.6 Å². The van der Waals surface area contributed by atoms with Gasteiger partial charge in [-0.2, -0.15) is 0 Å². The highest BCUT2D eigenvalue weighted by molar-refractivity contribution is 5.85. The van der Waals surface area contributed by atoms with Gasteiger partial charge in [0.15, 0.2) is 0 Å². The van der Waals surface area contributed by atoms with Crippen molar-refractivity contribution in [2.75, 3.05) is 20.2 Å². The Balaban J connectivity index is 1.89. The van der Waals surface area contributed by atoms with Gasteiger partial charge >= 0.3 is 12.1 Å². The van der Waals surface area contributed by atoms with Gasteiger partial charge in [0.25, 0.3) is 0 Å². The van der Waals surface area contributed by atoms with E-state index in [9.17, 15) is 9.59 Å². The monoisotopic (exact) mass is 282 g/mol. The second-order valence-electron chi connectivity index (χ2n) is 5.64. The van der Waals surface area contributed by atoms with Crippen LogP contribution in [0.25, 0.3) is 0 Å². The highest BCUT2D eigenvalue weighted by atomic mass is 16.6. The number of carbonyl (C=O) groups excluding carboxylic acids is 2. The normalized spacial score (nSPS) is 15.7. The van der Waals surface area contributed by atoms with E-state index in [4.69, 9.17) is 9.15 Å². The first-order chi connectivity index (χ1) is 9.30. The summed E-state index contributed by atoms with van der Waals surface area (Å²) in [6, 6.07) is 0.